The van der Waals surface area contributed by atoms with Gasteiger partial charge < -0.3 is 15.8 Å². The van der Waals surface area contributed by atoms with Crippen LogP contribution < -0.4 is 11.1 Å². The number of thiazole rings is 1. The van der Waals surface area contributed by atoms with Crippen LogP contribution in [0.4, 0.5) is 4.79 Å². The Morgan fingerprint density at radius 3 is 2.63 bits per heavy atom. The van der Waals surface area contributed by atoms with E-state index in [1.54, 1.807) is 11.3 Å². The third-order valence-electron chi connectivity index (χ3n) is 2.28. The molecular formula is C13H23N3O2S. The van der Waals surface area contributed by atoms with E-state index in [1.165, 1.54) is 0 Å². The zero-order chi connectivity index (χ0) is 14.6. The first-order valence-corrected chi connectivity index (χ1v) is 7.24. The first-order chi connectivity index (χ1) is 8.69. The highest BCUT2D eigenvalue weighted by Gasteiger charge is 2.18. The summed E-state index contributed by atoms with van der Waals surface area (Å²) in [5.74, 6) is 0.393. The molecule has 108 valence electrons. The minimum atomic E-state index is -0.500. The predicted octanol–water partition coefficient (Wildman–Crippen LogP) is 2.79. The van der Waals surface area contributed by atoms with Crippen LogP contribution >= 0.6 is 11.3 Å². The van der Waals surface area contributed by atoms with Crippen LogP contribution in [0.2, 0.25) is 0 Å². The number of carbonyl (C=O) groups excluding carboxylic acids is 1. The number of aromatic nitrogens is 1. The van der Waals surface area contributed by atoms with Gasteiger partial charge in [-0.1, -0.05) is 13.8 Å². The third kappa shape index (κ3) is 5.57. The normalized spacial score (nSPS) is 13.4. The predicted molar refractivity (Wildman–Crippen MR) is 77.4 cm³/mol. The maximum absolute atomic E-state index is 11.5. The van der Waals surface area contributed by atoms with E-state index in [0.717, 1.165) is 10.7 Å². The molecule has 3 N–H and O–H groups in total. The fourth-order valence-corrected chi connectivity index (χ4v) is 2.25. The number of hydrogen-bond donors (Lipinski definition) is 2. The largest absolute Gasteiger partial charge is 0.444 e. The molecule has 0 bridgehead atoms. The van der Waals surface area contributed by atoms with Crippen molar-refractivity contribution in [1.29, 1.82) is 0 Å². The first-order valence-electron chi connectivity index (χ1n) is 6.37. The molecule has 0 fully saturated rings. The highest BCUT2D eigenvalue weighted by Crippen LogP contribution is 2.21. The number of nitrogens with one attached hydrogen (secondary N) is 1. The van der Waals surface area contributed by atoms with E-state index < -0.39 is 11.7 Å². The van der Waals surface area contributed by atoms with Gasteiger partial charge >= 0.3 is 6.09 Å². The molecule has 1 unspecified atom stereocenters. The number of alkyl carbamates (subject to hydrolysis) is 1. The van der Waals surface area contributed by atoms with Gasteiger partial charge in [-0.25, -0.2) is 9.78 Å². The third-order valence-corrected chi connectivity index (χ3v) is 3.44. The monoisotopic (exact) mass is 285 g/mol. The lowest BCUT2D eigenvalue weighted by Crippen LogP contribution is -2.36. The summed E-state index contributed by atoms with van der Waals surface area (Å²) in [5.41, 5.74) is 6.30. The topological polar surface area (TPSA) is 77.2 Å². The molecule has 0 radical (unpaired) electrons. The molecule has 0 saturated carbocycles. The van der Waals surface area contributed by atoms with Gasteiger partial charge in [-0.15, -0.1) is 11.3 Å². The highest BCUT2D eigenvalue weighted by molar-refractivity contribution is 7.09. The summed E-state index contributed by atoms with van der Waals surface area (Å²) in [6, 6.07) is -0.309. The second-order valence-corrected chi connectivity index (χ2v) is 6.64. The van der Waals surface area contributed by atoms with Crippen LogP contribution in [-0.4, -0.2) is 23.2 Å². The van der Waals surface area contributed by atoms with Gasteiger partial charge in [0.05, 0.1) is 16.7 Å². The van der Waals surface area contributed by atoms with Gasteiger partial charge in [0.25, 0.3) is 0 Å². The van der Waals surface area contributed by atoms with E-state index in [9.17, 15) is 4.79 Å². The lowest BCUT2D eigenvalue weighted by atomic mass is 10.2. The number of amides is 1. The van der Waals surface area contributed by atoms with Crippen LogP contribution in [0.5, 0.6) is 0 Å². The van der Waals surface area contributed by atoms with E-state index in [0.29, 0.717) is 12.5 Å². The number of rotatable bonds is 4. The fourth-order valence-electron chi connectivity index (χ4n) is 1.35. The van der Waals surface area contributed by atoms with Gasteiger partial charge in [-0.3, -0.25) is 0 Å². The summed E-state index contributed by atoms with van der Waals surface area (Å²) >= 11 is 1.60. The van der Waals surface area contributed by atoms with Gasteiger partial charge in [0.1, 0.15) is 5.60 Å². The summed E-state index contributed by atoms with van der Waals surface area (Å²) in [6.45, 7) is 9.96. The molecule has 0 spiro atoms. The van der Waals surface area contributed by atoms with Crippen molar-refractivity contribution in [2.45, 2.75) is 52.2 Å². The standard InChI is InChI=1S/C13H23N3O2S/c1-8(2)11-16-10(7-19-11)9(14)6-15-12(17)18-13(3,4)5/h7-9H,6,14H2,1-5H3,(H,15,17). The summed E-state index contributed by atoms with van der Waals surface area (Å²) in [7, 11) is 0. The van der Waals surface area contributed by atoms with Crippen LogP contribution in [-0.2, 0) is 4.74 Å². The van der Waals surface area contributed by atoms with E-state index in [1.807, 2.05) is 26.2 Å². The summed E-state index contributed by atoms with van der Waals surface area (Å²) < 4.78 is 5.14. The van der Waals surface area contributed by atoms with Gasteiger partial charge in [0.15, 0.2) is 0 Å². The molecule has 6 heteroatoms. The average molecular weight is 285 g/mol. The molecule has 0 aliphatic heterocycles. The van der Waals surface area contributed by atoms with Crippen LogP contribution in [0.15, 0.2) is 5.38 Å². The van der Waals surface area contributed by atoms with E-state index >= 15 is 0 Å². The molecule has 19 heavy (non-hydrogen) atoms. The number of nitrogens with two attached hydrogens (primary N) is 1. The summed E-state index contributed by atoms with van der Waals surface area (Å²) in [4.78, 5) is 16.0. The maximum atomic E-state index is 11.5. The Hall–Kier alpha value is -1.14. The van der Waals surface area contributed by atoms with E-state index in [-0.39, 0.29) is 6.04 Å². The second-order valence-electron chi connectivity index (χ2n) is 5.75. The van der Waals surface area contributed by atoms with Crippen LogP contribution in [0.1, 0.15) is 57.3 Å². The SMILES string of the molecule is CC(C)c1nc(C(N)CNC(=O)OC(C)(C)C)cs1. The Balaban J connectivity index is 2.46. The van der Waals surface area contributed by atoms with E-state index in [4.69, 9.17) is 10.5 Å². The first kappa shape index (κ1) is 15.9. The van der Waals surface area contributed by atoms with Crippen LogP contribution in [0.25, 0.3) is 0 Å². The smallest absolute Gasteiger partial charge is 0.407 e. The van der Waals surface area contributed by atoms with Crippen molar-refractivity contribution in [1.82, 2.24) is 10.3 Å². The quantitative estimate of drug-likeness (QED) is 0.891. The molecule has 1 aromatic rings. The van der Waals surface area contributed by atoms with Crippen LogP contribution in [0.3, 0.4) is 0 Å². The van der Waals surface area contributed by atoms with Crippen molar-refractivity contribution < 1.29 is 9.53 Å². The fraction of sp³-hybridized carbons (Fsp3) is 0.692. The van der Waals surface area contributed by atoms with Crippen molar-refractivity contribution in [3.05, 3.63) is 16.1 Å². The Morgan fingerprint density at radius 1 is 1.53 bits per heavy atom. The Kier molecular flexibility index (Phi) is 5.31. The molecule has 1 atom stereocenters. The molecular weight excluding hydrogens is 262 g/mol. The average Bonchev–Trinajstić information content (AvgIpc) is 2.72. The number of nitrogens with zero attached hydrogens (tertiary/aromatic N) is 1. The lowest BCUT2D eigenvalue weighted by molar-refractivity contribution is 0.0524. The number of ether oxygens (including phenoxy) is 1. The van der Waals surface area contributed by atoms with Gasteiger partial charge in [-0.2, -0.15) is 0 Å². The Labute approximate surface area is 118 Å². The molecule has 1 aromatic heterocycles. The second kappa shape index (κ2) is 6.34. The van der Waals surface area contributed by atoms with Crippen LogP contribution in [0, 0.1) is 0 Å². The Morgan fingerprint density at radius 2 is 2.16 bits per heavy atom. The molecule has 5 nitrogen and oxygen atoms in total. The molecule has 1 rings (SSSR count). The minimum absolute atomic E-state index is 0.309. The lowest BCUT2D eigenvalue weighted by Gasteiger charge is -2.20. The number of hydrogen-bond acceptors (Lipinski definition) is 5. The van der Waals surface area contributed by atoms with Gasteiger partial charge in [0.2, 0.25) is 0 Å². The van der Waals surface area contributed by atoms with E-state index in [2.05, 4.69) is 24.1 Å². The molecule has 0 saturated heterocycles. The van der Waals surface area contributed by atoms with Crippen molar-refractivity contribution in [2.75, 3.05) is 6.54 Å². The zero-order valence-corrected chi connectivity index (χ0v) is 13.0. The van der Waals surface area contributed by atoms with Crippen molar-refractivity contribution in [3.8, 4) is 0 Å². The molecule has 1 heterocycles. The maximum Gasteiger partial charge on any atom is 0.407 e. The number of carbonyl (C=O) groups is 1. The zero-order valence-electron chi connectivity index (χ0n) is 12.2. The van der Waals surface area contributed by atoms with Gasteiger partial charge in [0, 0.05) is 17.8 Å². The van der Waals surface area contributed by atoms with Crippen molar-refractivity contribution in [3.63, 3.8) is 0 Å². The molecule has 0 aliphatic carbocycles. The van der Waals surface area contributed by atoms with Crippen molar-refractivity contribution in [2.24, 2.45) is 5.73 Å². The van der Waals surface area contributed by atoms with Crippen molar-refractivity contribution >= 4 is 17.4 Å². The molecule has 0 aliphatic rings. The molecule has 0 aromatic carbocycles. The Bertz CT molecular complexity index is 424. The minimum Gasteiger partial charge on any atom is -0.444 e. The summed E-state index contributed by atoms with van der Waals surface area (Å²) in [6.07, 6.45) is -0.456. The highest BCUT2D eigenvalue weighted by atomic mass is 32.1. The molecule has 1 amide bonds. The summed E-state index contributed by atoms with van der Waals surface area (Å²) in [5, 5.41) is 5.65. The van der Waals surface area contributed by atoms with Gasteiger partial charge in [-0.05, 0) is 20.8 Å².